The van der Waals surface area contributed by atoms with Crippen LogP contribution in [-0.4, -0.2) is 10.9 Å². The zero-order valence-electron chi connectivity index (χ0n) is 15.3. The molecule has 5 heteroatoms. The summed E-state index contributed by atoms with van der Waals surface area (Å²) < 4.78 is 1.18. The smallest absolute Gasteiger partial charge is 0.256 e. The Bertz CT molecular complexity index is 1290. The molecule has 0 spiro atoms. The molecule has 3 aromatic carbocycles. The Kier molecular flexibility index (Phi) is 4.68. The van der Waals surface area contributed by atoms with Crippen LogP contribution >= 0.6 is 22.7 Å². The number of anilines is 1. The Hall–Kier alpha value is -3.28. The predicted octanol–water partition coefficient (Wildman–Crippen LogP) is 6.94. The first kappa shape index (κ1) is 17.8. The summed E-state index contributed by atoms with van der Waals surface area (Å²) in [4.78, 5) is 17.8. The van der Waals surface area contributed by atoms with Crippen LogP contribution in [0.15, 0.2) is 90.3 Å². The topological polar surface area (TPSA) is 42.0 Å². The number of aromatic nitrogens is 1. The van der Waals surface area contributed by atoms with Crippen molar-refractivity contribution in [2.24, 2.45) is 0 Å². The van der Waals surface area contributed by atoms with Crippen molar-refractivity contribution in [2.45, 2.75) is 0 Å². The van der Waals surface area contributed by atoms with E-state index < -0.39 is 0 Å². The van der Waals surface area contributed by atoms with E-state index in [4.69, 9.17) is 4.98 Å². The van der Waals surface area contributed by atoms with Gasteiger partial charge in [-0.3, -0.25) is 4.79 Å². The molecule has 1 amide bonds. The van der Waals surface area contributed by atoms with Crippen molar-refractivity contribution in [2.75, 3.05) is 5.32 Å². The lowest BCUT2D eigenvalue weighted by atomic mass is 10.1. The maximum absolute atomic E-state index is 13.0. The molecule has 0 saturated heterocycles. The van der Waals surface area contributed by atoms with E-state index in [1.165, 1.54) is 16.0 Å². The van der Waals surface area contributed by atoms with Gasteiger partial charge < -0.3 is 5.32 Å². The summed E-state index contributed by atoms with van der Waals surface area (Å²) in [5.41, 5.74) is 3.45. The number of hydrogen-bond donors (Lipinski definition) is 1. The van der Waals surface area contributed by atoms with Gasteiger partial charge in [-0.2, -0.15) is 0 Å². The largest absolute Gasteiger partial charge is 0.312 e. The van der Waals surface area contributed by atoms with Crippen LogP contribution < -0.4 is 5.32 Å². The fourth-order valence-electron chi connectivity index (χ4n) is 3.18. The van der Waals surface area contributed by atoms with Crippen molar-refractivity contribution >= 4 is 43.7 Å². The lowest BCUT2D eigenvalue weighted by molar-refractivity contribution is 0.102. The molecule has 0 aliphatic carbocycles. The van der Waals surface area contributed by atoms with Gasteiger partial charge in [0.05, 0.1) is 0 Å². The van der Waals surface area contributed by atoms with Crippen molar-refractivity contribution in [3.63, 3.8) is 0 Å². The van der Waals surface area contributed by atoms with Crippen LogP contribution in [0.1, 0.15) is 10.4 Å². The SMILES string of the molecule is O=C(Nc1sc(-c2ccccc2)nc1-c1ccccc1)c1ccc2sccc2c1. The van der Waals surface area contributed by atoms with Gasteiger partial charge in [0.15, 0.2) is 0 Å². The Balaban J connectivity index is 1.54. The molecule has 1 N–H and O–H groups in total. The first-order valence-corrected chi connectivity index (χ1v) is 10.9. The highest BCUT2D eigenvalue weighted by atomic mass is 32.1. The second-order valence-corrected chi connectivity index (χ2v) is 8.50. The van der Waals surface area contributed by atoms with Gasteiger partial charge in [-0.25, -0.2) is 4.98 Å². The number of hydrogen-bond acceptors (Lipinski definition) is 4. The molecule has 3 nitrogen and oxygen atoms in total. The summed E-state index contributed by atoms with van der Waals surface area (Å²) in [6.45, 7) is 0. The highest BCUT2D eigenvalue weighted by Crippen LogP contribution is 2.38. The zero-order chi connectivity index (χ0) is 19.6. The molecule has 5 rings (SSSR count). The van der Waals surface area contributed by atoms with E-state index in [2.05, 4.69) is 5.32 Å². The number of carbonyl (C=O) groups excluding carboxylic acids is 1. The minimum Gasteiger partial charge on any atom is -0.312 e. The molecule has 0 saturated carbocycles. The highest BCUT2D eigenvalue weighted by molar-refractivity contribution is 7.19. The van der Waals surface area contributed by atoms with Crippen LogP contribution in [-0.2, 0) is 0 Å². The molecule has 29 heavy (non-hydrogen) atoms. The van der Waals surface area contributed by atoms with Gasteiger partial charge in [-0.05, 0) is 35.0 Å². The first-order valence-electron chi connectivity index (χ1n) is 9.18. The van der Waals surface area contributed by atoms with Crippen molar-refractivity contribution < 1.29 is 4.79 Å². The number of fused-ring (bicyclic) bond motifs is 1. The number of thiazole rings is 1. The van der Waals surface area contributed by atoms with Gasteiger partial charge >= 0.3 is 0 Å². The number of benzene rings is 3. The summed E-state index contributed by atoms with van der Waals surface area (Å²) >= 11 is 3.17. The maximum Gasteiger partial charge on any atom is 0.256 e. The molecule has 0 radical (unpaired) electrons. The van der Waals surface area contributed by atoms with Gasteiger partial charge in [0, 0.05) is 21.4 Å². The lowest BCUT2D eigenvalue weighted by Gasteiger charge is -2.06. The normalized spacial score (nSPS) is 10.9. The van der Waals surface area contributed by atoms with Crippen LogP contribution in [0.4, 0.5) is 5.00 Å². The Morgan fingerprint density at radius 2 is 1.55 bits per heavy atom. The van der Waals surface area contributed by atoms with Crippen LogP contribution in [0.5, 0.6) is 0 Å². The molecule has 2 heterocycles. The monoisotopic (exact) mass is 412 g/mol. The number of rotatable bonds is 4. The summed E-state index contributed by atoms with van der Waals surface area (Å²) in [7, 11) is 0. The Labute approximate surface area is 176 Å². The first-order chi connectivity index (χ1) is 14.3. The third-order valence-corrected chi connectivity index (χ3v) is 6.55. The second kappa shape index (κ2) is 7.62. The van der Waals surface area contributed by atoms with Crippen LogP contribution in [0.2, 0.25) is 0 Å². The van der Waals surface area contributed by atoms with E-state index >= 15 is 0 Å². The quantitative estimate of drug-likeness (QED) is 0.347. The fraction of sp³-hybridized carbons (Fsp3) is 0. The number of carbonyl (C=O) groups is 1. The van der Waals surface area contributed by atoms with Crippen LogP contribution in [0.3, 0.4) is 0 Å². The molecular weight excluding hydrogens is 396 g/mol. The fourth-order valence-corrected chi connectivity index (χ4v) is 4.94. The van der Waals surface area contributed by atoms with E-state index in [0.29, 0.717) is 5.56 Å². The Morgan fingerprint density at radius 3 is 2.31 bits per heavy atom. The average Bonchev–Trinajstić information content (AvgIpc) is 3.41. The van der Waals surface area contributed by atoms with Gasteiger partial charge in [0.2, 0.25) is 0 Å². The van der Waals surface area contributed by atoms with Crippen LogP contribution in [0.25, 0.3) is 31.9 Å². The average molecular weight is 413 g/mol. The van der Waals surface area contributed by atoms with E-state index in [1.807, 2.05) is 90.3 Å². The van der Waals surface area contributed by atoms with Crippen LogP contribution in [0, 0.1) is 0 Å². The van der Waals surface area contributed by atoms with Crippen molar-refractivity contribution in [1.82, 2.24) is 4.98 Å². The zero-order valence-corrected chi connectivity index (χ0v) is 17.0. The van der Waals surface area contributed by atoms with Crippen molar-refractivity contribution in [3.8, 4) is 21.8 Å². The third kappa shape index (κ3) is 3.58. The van der Waals surface area contributed by atoms with Gasteiger partial charge in [0.25, 0.3) is 5.91 Å². The van der Waals surface area contributed by atoms with Gasteiger partial charge in [-0.15, -0.1) is 11.3 Å². The molecule has 0 atom stereocenters. The summed E-state index contributed by atoms with van der Waals surface area (Å²) in [6.07, 6.45) is 0. The molecule has 2 aromatic heterocycles. The van der Waals surface area contributed by atoms with E-state index in [-0.39, 0.29) is 5.91 Å². The molecule has 5 aromatic rings. The number of thiophene rings is 1. The molecule has 140 valence electrons. The minimum absolute atomic E-state index is 0.126. The van der Waals surface area contributed by atoms with E-state index in [0.717, 1.165) is 32.2 Å². The number of nitrogens with zero attached hydrogens (tertiary/aromatic N) is 1. The molecular formula is C24H16N2OS2. The lowest BCUT2D eigenvalue weighted by Crippen LogP contribution is -2.11. The molecule has 0 aliphatic rings. The number of nitrogens with one attached hydrogen (secondary N) is 1. The second-order valence-electron chi connectivity index (χ2n) is 6.56. The molecule has 0 unspecified atom stereocenters. The number of amides is 1. The molecule has 0 fully saturated rings. The Morgan fingerprint density at radius 1 is 0.828 bits per heavy atom. The van der Waals surface area contributed by atoms with E-state index in [1.54, 1.807) is 11.3 Å². The van der Waals surface area contributed by atoms with Crippen molar-refractivity contribution in [1.29, 1.82) is 0 Å². The molecule has 0 bridgehead atoms. The van der Waals surface area contributed by atoms with Gasteiger partial charge in [0.1, 0.15) is 15.7 Å². The van der Waals surface area contributed by atoms with Gasteiger partial charge in [-0.1, -0.05) is 72.0 Å². The summed E-state index contributed by atoms with van der Waals surface area (Å²) in [5.74, 6) is -0.126. The summed E-state index contributed by atoms with van der Waals surface area (Å²) in [5, 5.41) is 7.85. The minimum atomic E-state index is -0.126. The highest BCUT2D eigenvalue weighted by Gasteiger charge is 2.17. The summed E-state index contributed by atoms with van der Waals surface area (Å²) in [6, 6.07) is 27.8. The standard InChI is InChI=1S/C24H16N2OS2/c27-22(19-11-12-20-18(15-19)13-14-28-20)26-24-21(16-7-3-1-4-8-16)25-23(29-24)17-9-5-2-6-10-17/h1-15H,(H,26,27). The molecule has 0 aliphatic heterocycles. The van der Waals surface area contributed by atoms with E-state index in [9.17, 15) is 4.79 Å². The maximum atomic E-state index is 13.0. The van der Waals surface area contributed by atoms with Crippen molar-refractivity contribution in [3.05, 3.63) is 95.9 Å². The predicted molar refractivity (Wildman–Crippen MR) is 123 cm³/mol. The third-order valence-electron chi connectivity index (χ3n) is 4.64.